The van der Waals surface area contributed by atoms with Crippen LogP contribution in [0, 0.1) is 5.82 Å². The number of benzene rings is 2. The molecule has 0 bridgehead atoms. The van der Waals surface area contributed by atoms with E-state index >= 15 is 0 Å². The lowest BCUT2D eigenvalue weighted by molar-refractivity contribution is -0.0328. The molecular weight excluding hydrogens is 319 g/mol. The summed E-state index contributed by atoms with van der Waals surface area (Å²) in [6, 6.07) is 18.1. The minimum absolute atomic E-state index is 0.0000954. The number of nitrogens with one attached hydrogen (secondary N) is 1. The van der Waals surface area contributed by atoms with Gasteiger partial charge in [0.25, 0.3) is 0 Å². The van der Waals surface area contributed by atoms with Gasteiger partial charge in [-0.05, 0) is 36.4 Å². The highest BCUT2D eigenvalue weighted by Gasteiger charge is 2.40. The lowest BCUT2D eigenvalue weighted by Crippen LogP contribution is -2.43. The highest BCUT2D eigenvalue weighted by Crippen LogP contribution is 2.45. The van der Waals surface area contributed by atoms with Crippen LogP contribution in [0.2, 0.25) is 0 Å². The molecule has 1 N–H and O–H groups in total. The summed E-state index contributed by atoms with van der Waals surface area (Å²) in [5.41, 5.74) is 6.23. The van der Waals surface area contributed by atoms with Gasteiger partial charge in [-0.15, -0.1) is 0 Å². The first-order valence-corrected chi connectivity index (χ1v) is 8.11. The van der Waals surface area contributed by atoms with Gasteiger partial charge in [0.2, 0.25) is 0 Å². The summed E-state index contributed by atoms with van der Waals surface area (Å²) >= 11 is 0. The molecule has 1 aromatic heterocycles. The van der Waals surface area contributed by atoms with E-state index in [2.05, 4.69) is 17.6 Å². The van der Waals surface area contributed by atoms with Crippen LogP contribution in [0.1, 0.15) is 29.2 Å². The smallest absolute Gasteiger partial charge is 0.195 e. The molecule has 0 saturated carbocycles. The van der Waals surface area contributed by atoms with Crippen LogP contribution in [0.3, 0.4) is 0 Å². The number of fused-ring (bicyclic) bond motifs is 3. The molecule has 4 nitrogen and oxygen atoms in total. The molecule has 5 rings (SSSR count). The highest BCUT2D eigenvalue weighted by molar-refractivity contribution is 5.64. The van der Waals surface area contributed by atoms with Crippen molar-refractivity contribution in [2.75, 3.05) is 0 Å². The summed E-state index contributed by atoms with van der Waals surface area (Å²) in [6.07, 6.45) is 3.40. The zero-order valence-electron chi connectivity index (χ0n) is 13.2. The Bertz CT molecular complexity index is 935. The number of ether oxygens (including phenoxy) is 1. The van der Waals surface area contributed by atoms with Gasteiger partial charge in [-0.2, -0.15) is 5.01 Å². The first kappa shape index (κ1) is 14.3. The summed E-state index contributed by atoms with van der Waals surface area (Å²) < 4.78 is 25.1. The second-order valence-corrected chi connectivity index (χ2v) is 6.08. The fourth-order valence-electron chi connectivity index (χ4n) is 3.36. The van der Waals surface area contributed by atoms with Crippen LogP contribution < -0.4 is 10.2 Å². The van der Waals surface area contributed by atoms with E-state index < -0.39 is 0 Å². The summed E-state index contributed by atoms with van der Waals surface area (Å²) in [4.78, 5) is 0. The standard InChI is InChI=1S/C20H15FN2O2/c21-14-9-7-13(8-10-14)20-23-17(15-4-1-2-5-18(15)25-20)12-16(22-23)19-6-3-11-24-19/h1-12,17,20,22H/t17-,20-/m1/s1. The van der Waals surface area contributed by atoms with E-state index in [0.29, 0.717) is 0 Å². The molecule has 0 saturated heterocycles. The van der Waals surface area contributed by atoms with E-state index in [0.717, 1.165) is 28.3 Å². The number of para-hydroxylation sites is 1. The maximum atomic E-state index is 13.3. The number of furan rings is 1. The van der Waals surface area contributed by atoms with Crippen LogP contribution in [0.4, 0.5) is 4.39 Å². The summed E-state index contributed by atoms with van der Waals surface area (Å²) in [6.45, 7) is 0. The molecule has 2 atom stereocenters. The van der Waals surface area contributed by atoms with Gasteiger partial charge in [0.1, 0.15) is 11.6 Å². The molecule has 25 heavy (non-hydrogen) atoms. The van der Waals surface area contributed by atoms with E-state index in [9.17, 15) is 4.39 Å². The highest BCUT2D eigenvalue weighted by atomic mass is 19.1. The van der Waals surface area contributed by atoms with Crippen LogP contribution in [0.5, 0.6) is 5.75 Å². The fraction of sp³-hybridized carbons (Fsp3) is 0.100. The molecule has 0 unspecified atom stereocenters. The third-order valence-corrected chi connectivity index (χ3v) is 4.54. The Morgan fingerprint density at radius 2 is 1.80 bits per heavy atom. The lowest BCUT2D eigenvalue weighted by atomic mass is 10.0. The number of hydrazine groups is 1. The van der Waals surface area contributed by atoms with Crippen molar-refractivity contribution >= 4 is 5.70 Å². The van der Waals surface area contributed by atoms with Gasteiger partial charge < -0.3 is 14.6 Å². The molecule has 124 valence electrons. The van der Waals surface area contributed by atoms with E-state index in [-0.39, 0.29) is 18.1 Å². The Morgan fingerprint density at radius 1 is 0.960 bits per heavy atom. The lowest BCUT2D eigenvalue weighted by Gasteiger charge is -2.38. The number of nitrogens with zero attached hydrogens (tertiary/aromatic N) is 1. The van der Waals surface area contributed by atoms with Gasteiger partial charge in [-0.3, -0.25) is 0 Å². The van der Waals surface area contributed by atoms with Gasteiger partial charge >= 0.3 is 0 Å². The number of halogens is 1. The molecule has 0 aliphatic carbocycles. The van der Waals surface area contributed by atoms with Crippen LogP contribution in [-0.2, 0) is 0 Å². The number of hydrogen-bond acceptors (Lipinski definition) is 4. The van der Waals surface area contributed by atoms with Crippen LogP contribution >= 0.6 is 0 Å². The van der Waals surface area contributed by atoms with E-state index in [1.807, 2.05) is 35.3 Å². The molecule has 5 heteroatoms. The van der Waals surface area contributed by atoms with Crippen molar-refractivity contribution in [3.8, 4) is 5.75 Å². The van der Waals surface area contributed by atoms with Crippen molar-refractivity contribution in [2.45, 2.75) is 12.3 Å². The van der Waals surface area contributed by atoms with E-state index in [4.69, 9.17) is 9.15 Å². The van der Waals surface area contributed by atoms with E-state index in [1.165, 1.54) is 12.1 Å². The molecule has 0 spiro atoms. The van der Waals surface area contributed by atoms with Gasteiger partial charge in [0, 0.05) is 11.1 Å². The zero-order chi connectivity index (χ0) is 16.8. The molecule has 2 aliphatic heterocycles. The molecule has 0 radical (unpaired) electrons. The SMILES string of the molecule is Fc1ccc([C@H]2Oc3ccccc3[C@H]3C=C(c4ccco4)NN32)cc1. The molecule has 2 aromatic carbocycles. The molecule has 0 fully saturated rings. The quantitative estimate of drug-likeness (QED) is 0.753. The largest absolute Gasteiger partial charge is 0.469 e. The second-order valence-electron chi connectivity index (χ2n) is 6.08. The molecular formula is C20H15FN2O2. The minimum atomic E-state index is -0.371. The van der Waals surface area contributed by atoms with Crippen molar-refractivity contribution in [1.82, 2.24) is 10.4 Å². The molecule has 0 amide bonds. The summed E-state index contributed by atoms with van der Waals surface area (Å²) in [5, 5.41) is 2.02. The zero-order valence-corrected chi connectivity index (χ0v) is 13.2. The van der Waals surface area contributed by atoms with Gasteiger partial charge in [0.15, 0.2) is 12.0 Å². The van der Waals surface area contributed by atoms with Gasteiger partial charge in [0.05, 0.1) is 18.0 Å². The minimum Gasteiger partial charge on any atom is -0.469 e. The third-order valence-electron chi connectivity index (χ3n) is 4.54. The maximum Gasteiger partial charge on any atom is 0.195 e. The molecule has 3 heterocycles. The Kier molecular flexibility index (Phi) is 3.15. The van der Waals surface area contributed by atoms with Crippen molar-refractivity contribution < 1.29 is 13.5 Å². The summed E-state index contributed by atoms with van der Waals surface area (Å²) in [7, 11) is 0. The number of hydrogen-bond donors (Lipinski definition) is 1. The van der Waals surface area contributed by atoms with E-state index in [1.54, 1.807) is 18.4 Å². The van der Waals surface area contributed by atoms with Gasteiger partial charge in [-0.25, -0.2) is 4.39 Å². The second kappa shape index (κ2) is 5.50. The molecule has 3 aromatic rings. The number of rotatable bonds is 2. The van der Waals surface area contributed by atoms with Crippen LogP contribution in [0.25, 0.3) is 5.70 Å². The summed E-state index contributed by atoms with van der Waals surface area (Å²) in [5.74, 6) is 1.34. The van der Waals surface area contributed by atoms with Crippen molar-refractivity contribution in [2.24, 2.45) is 0 Å². The Labute approximate surface area is 144 Å². The Hall–Kier alpha value is -3.05. The van der Waals surface area contributed by atoms with Gasteiger partial charge in [-0.1, -0.05) is 30.3 Å². The van der Waals surface area contributed by atoms with Crippen LogP contribution in [-0.4, -0.2) is 5.01 Å². The van der Waals surface area contributed by atoms with Crippen LogP contribution in [0.15, 0.2) is 77.4 Å². The normalized spacial score (nSPS) is 21.7. The predicted molar refractivity (Wildman–Crippen MR) is 90.6 cm³/mol. The monoisotopic (exact) mass is 334 g/mol. The average Bonchev–Trinajstić information content (AvgIpc) is 3.31. The fourth-order valence-corrected chi connectivity index (χ4v) is 3.36. The topological polar surface area (TPSA) is 37.6 Å². The first-order chi connectivity index (χ1) is 12.3. The molecule has 2 aliphatic rings. The third kappa shape index (κ3) is 2.32. The first-order valence-electron chi connectivity index (χ1n) is 8.11. The van der Waals surface area contributed by atoms with Crippen molar-refractivity contribution in [3.63, 3.8) is 0 Å². The van der Waals surface area contributed by atoms with Crippen molar-refractivity contribution in [1.29, 1.82) is 0 Å². The predicted octanol–water partition coefficient (Wildman–Crippen LogP) is 4.41. The Balaban J connectivity index is 1.59. The van der Waals surface area contributed by atoms with Crippen molar-refractivity contribution in [3.05, 3.63) is 95.7 Å². The maximum absolute atomic E-state index is 13.3. The Morgan fingerprint density at radius 3 is 2.60 bits per heavy atom. The average molecular weight is 334 g/mol.